The molecule has 0 saturated carbocycles. The number of piperazine rings is 1. The lowest BCUT2D eigenvalue weighted by Gasteiger charge is -2.39. The molecule has 0 radical (unpaired) electrons. The molecule has 4 aliphatic rings. The maximum atomic E-state index is 14.3. The summed E-state index contributed by atoms with van der Waals surface area (Å²) in [5.41, 5.74) is 5.95. The zero-order valence-corrected chi connectivity index (χ0v) is 37.9. The van der Waals surface area contributed by atoms with Crippen molar-refractivity contribution in [2.45, 2.75) is 50.5 Å². The first-order valence-corrected chi connectivity index (χ1v) is 23.5. The molecule has 2 saturated heterocycles. The van der Waals surface area contributed by atoms with E-state index in [0.717, 1.165) is 68.8 Å². The van der Waals surface area contributed by atoms with Crippen molar-refractivity contribution in [2.24, 2.45) is 5.41 Å². The average Bonchev–Trinajstić information content (AvgIpc) is 3.51. The summed E-state index contributed by atoms with van der Waals surface area (Å²) in [5, 5.41) is 15.8. The number of aromatic nitrogens is 1. The largest absolute Gasteiger partial charge is 0.481 e. The number of ether oxygens (including phenoxy) is 4. The van der Waals surface area contributed by atoms with Gasteiger partial charge in [0.2, 0.25) is 11.8 Å². The van der Waals surface area contributed by atoms with Crippen LogP contribution in [0.25, 0.3) is 5.57 Å². The second kappa shape index (κ2) is 19.3. The molecule has 3 aliphatic heterocycles. The average molecular weight is 916 g/mol. The third-order valence-corrected chi connectivity index (χ3v) is 13.8. The van der Waals surface area contributed by atoms with E-state index in [1.54, 1.807) is 18.2 Å². The first kappa shape index (κ1) is 45.1. The minimum Gasteiger partial charge on any atom is -0.481 e. The van der Waals surface area contributed by atoms with Crippen LogP contribution in [0.3, 0.4) is 0 Å². The summed E-state index contributed by atoms with van der Waals surface area (Å²) in [7, 11) is -3.08. The van der Waals surface area contributed by atoms with E-state index in [4.69, 9.17) is 30.5 Å². The topological polar surface area (TPSA) is 178 Å². The first-order valence-electron chi connectivity index (χ1n) is 21.6. The van der Waals surface area contributed by atoms with E-state index in [-0.39, 0.29) is 29.3 Å². The highest BCUT2D eigenvalue weighted by molar-refractivity contribution is 7.90. The van der Waals surface area contributed by atoms with Crippen LogP contribution >= 0.6 is 11.6 Å². The summed E-state index contributed by atoms with van der Waals surface area (Å²) in [4.78, 5) is 36.5. The zero-order valence-electron chi connectivity index (χ0n) is 36.3. The Kier molecular flexibility index (Phi) is 13.6. The van der Waals surface area contributed by atoms with Crippen LogP contribution in [0.5, 0.6) is 11.8 Å². The molecule has 2 fully saturated rings. The Morgan fingerprint density at radius 2 is 1.78 bits per heavy atom. The Bertz CT molecular complexity index is 2510. The minimum atomic E-state index is -4.59. The van der Waals surface area contributed by atoms with Gasteiger partial charge >= 0.3 is 0 Å². The first-order chi connectivity index (χ1) is 30.8. The number of allylic oxidation sites excluding steroid dienone is 1. The zero-order chi connectivity index (χ0) is 45.0. The third kappa shape index (κ3) is 10.4. The van der Waals surface area contributed by atoms with Gasteiger partial charge in [-0.2, -0.15) is 4.98 Å². The van der Waals surface area contributed by atoms with Crippen molar-refractivity contribution in [3.05, 3.63) is 105 Å². The maximum Gasteiger partial charge on any atom is 0.293 e. The molecular formula is C46H54ClN7O9S. The lowest BCUT2D eigenvalue weighted by molar-refractivity contribution is -0.384. The fourth-order valence-corrected chi connectivity index (χ4v) is 9.84. The van der Waals surface area contributed by atoms with E-state index in [2.05, 4.69) is 50.8 Å². The number of hydrogen-bond acceptors (Lipinski definition) is 14. The van der Waals surface area contributed by atoms with Gasteiger partial charge in [-0.15, -0.1) is 0 Å². The van der Waals surface area contributed by atoms with Gasteiger partial charge in [0, 0.05) is 68.7 Å². The van der Waals surface area contributed by atoms with Crippen molar-refractivity contribution in [1.82, 2.24) is 14.6 Å². The van der Waals surface area contributed by atoms with Crippen LogP contribution in [0.2, 0.25) is 5.02 Å². The minimum absolute atomic E-state index is 0.0824. The van der Waals surface area contributed by atoms with Gasteiger partial charge in [0.05, 0.1) is 60.7 Å². The number of benzene rings is 3. The third-order valence-electron chi connectivity index (χ3n) is 12.2. The molecule has 340 valence electrons. The highest BCUT2D eigenvalue weighted by atomic mass is 35.5. The molecule has 1 amide bonds. The molecular weight excluding hydrogens is 862 g/mol. The molecule has 1 atom stereocenters. The molecule has 8 rings (SSSR count). The van der Waals surface area contributed by atoms with E-state index in [0.29, 0.717) is 62.5 Å². The van der Waals surface area contributed by atoms with Gasteiger partial charge in [0.1, 0.15) is 11.4 Å². The Morgan fingerprint density at radius 3 is 2.52 bits per heavy atom. The number of hydrogen-bond donors (Lipinski definition) is 2. The number of nitrogens with one attached hydrogen (secondary N) is 2. The number of nitro benzene ring substituents is 1. The SMILES string of the molecule is COc1ccc2c(n1)OCCCN2c1cc(N2CCN(CC3=C(c4ccc(Cl)cc4)CC(C)(C)CC3)CC2)ccc1C(=O)NS(=O)(=O)c1ccc(NC[C@H]2COCCO2)c([N+](=O)[O-])c1. The molecule has 4 aromatic rings. The van der Waals surface area contributed by atoms with Crippen molar-refractivity contribution < 1.29 is 37.1 Å². The van der Waals surface area contributed by atoms with Gasteiger partial charge in [0.15, 0.2) is 0 Å². The van der Waals surface area contributed by atoms with Crippen molar-refractivity contribution in [2.75, 3.05) is 94.5 Å². The number of anilines is 4. The number of methoxy groups -OCH3 is 1. The molecule has 1 aromatic heterocycles. The van der Waals surface area contributed by atoms with Gasteiger partial charge in [0.25, 0.3) is 21.6 Å². The molecule has 0 spiro atoms. The second-order valence-electron chi connectivity index (χ2n) is 17.2. The maximum absolute atomic E-state index is 14.3. The monoisotopic (exact) mass is 915 g/mol. The Labute approximate surface area is 378 Å². The number of halogens is 1. The lowest BCUT2D eigenvalue weighted by atomic mass is 9.72. The van der Waals surface area contributed by atoms with Crippen LogP contribution in [0.1, 0.15) is 55.5 Å². The van der Waals surface area contributed by atoms with Crippen molar-refractivity contribution in [3.63, 3.8) is 0 Å². The van der Waals surface area contributed by atoms with Gasteiger partial charge < -0.3 is 34.1 Å². The highest BCUT2D eigenvalue weighted by Crippen LogP contribution is 2.44. The van der Waals surface area contributed by atoms with Crippen molar-refractivity contribution in [1.29, 1.82) is 0 Å². The number of carbonyl (C=O) groups is 1. The van der Waals surface area contributed by atoms with Crippen LogP contribution < -0.4 is 29.3 Å². The predicted octanol–water partition coefficient (Wildman–Crippen LogP) is 7.30. The molecule has 1 aliphatic carbocycles. The smallest absolute Gasteiger partial charge is 0.293 e. The number of sulfonamides is 1. The summed E-state index contributed by atoms with van der Waals surface area (Å²) in [6.45, 7) is 10.9. The molecule has 0 unspecified atom stereocenters. The number of pyridine rings is 1. The summed E-state index contributed by atoms with van der Waals surface area (Å²) < 4.78 is 52.3. The summed E-state index contributed by atoms with van der Waals surface area (Å²) >= 11 is 6.26. The predicted molar refractivity (Wildman–Crippen MR) is 246 cm³/mol. The van der Waals surface area contributed by atoms with Crippen LogP contribution in [0, 0.1) is 15.5 Å². The quantitative estimate of drug-likeness (QED) is 0.101. The Balaban J connectivity index is 1.05. The van der Waals surface area contributed by atoms with Gasteiger partial charge in [-0.1, -0.05) is 43.2 Å². The molecule has 16 nitrogen and oxygen atoms in total. The number of nitro groups is 1. The van der Waals surface area contributed by atoms with E-state index in [1.807, 2.05) is 29.2 Å². The highest BCUT2D eigenvalue weighted by Gasteiger charge is 2.32. The van der Waals surface area contributed by atoms with E-state index in [1.165, 1.54) is 36.0 Å². The van der Waals surface area contributed by atoms with Gasteiger partial charge in [-0.3, -0.25) is 19.8 Å². The summed E-state index contributed by atoms with van der Waals surface area (Å²) in [6.07, 6.45) is 3.44. The van der Waals surface area contributed by atoms with Gasteiger partial charge in [-0.25, -0.2) is 13.1 Å². The molecule has 3 aromatic carbocycles. The van der Waals surface area contributed by atoms with Crippen molar-refractivity contribution in [3.8, 4) is 11.8 Å². The number of amides is 1. The number of carbonyl (C=O) groups excluding carboxylic acids is 1. The van der Waals surface area contributed by atoms with Crippen LogP contribution in [-0.4, -0.2) is 115 Å². The number of rotatable bonds is 13. The molecule has 64 heavy (non-hydrogen) atoms. The summed E-state index contributed by atoms with van der Waals surface area (Å²) in [5.74, 6) is -0.230. The molecule has 2 N–H and O–H groups in total. The van der Waals surface area contributed by atoms with Crippen LogP contribution in [-0.2, 0) is 19.5 Å². The standard InChI is InChI=1S/C46H54ClN7O9S/c1-46(2)16-15-32(38(27-46)31-5-7-33(47)8-6-31)29-51-18-20-52(21-19-51)34-9-11-37(41(25-34)53-17-4-22-63-45-40(53)13-14-43(49-45)60-3)44(55)50-64(58,59)36-10-12-39(42(26-36)54(56)57)48-28-35-30-61-23-24-62-35/h5-14,25-26,35,48H,4,15-24,27-30H2,1-3H3,(H,50,55)/t35-/m0/s1. The van der Waals surface area contributed by atoms with Gasteiger partial charge in [-0.05, 0) is 90.8 Å². The fraction of sp³-hybridized carbons (Fsp3) is 0.435. The van der Waals surface area contributed by atoms with E-state index in [9.17, 15) is 23.3 Å². The van der Waals surface area contributed by atoms with E-state index < -0.39 is 31.4 Å². The number of nitrogens with zero attached hydrogens (tertiary/aromatic N) is 5. The molecule has 4 heterocycles. The van der Waals surface area contributed by atoms with E-state index >= 15 is 0 Å². The second-order valence-corrected chi connectivity index (χ2v) is 19.4. The Hall–Kier alpha value is -5.46. The number of fused-ring (bicyclic) bond motifs is 1. The van der Waals surface area contributed by atoms with Crippen molar-refractivity contribution >= 4 is 61.5 Å². The van der Waals surface area contributed by atoms with Crippen LogP contribution in [0.4, 0.5) is 28.4 Å². The Morgan fingerprint density at radius 1 is 0.984 bits per heavy atom. The lowest BCUT2D eigenvalue weighted by Crippen LogP contribution is -2.47. The fourth-order valence-electron chi connectivity index (χ4n) is 8.73. The summed E-state index contributed by atoms with van der Waals surface area (Å²) in [6, 6.07) is 20.5. The normalized spacial score (nSPS) is 19.3. The van der Waals surface area contributed by atoms with Crippen LogP contribution in [0.15, 0.2) is 83.3 Å². The molecule has 18 heteroatoms. The molecule has 0 bridgehead atoms.